The highest BCUT2D eigenvalue weighted by Crippen LogP contribution is 2.30. The first kappa shape index (κ1) is 24.8. The molecule has 1 saturated carbocycles. The van der Waals surface area contributed by atoms with Crippen molar-refractivity contribution in [3.8, 4) is 5.75 Å². The van der Waals surface area contributed by atoms with Crippen molar-refractivity contribution in [1.82, 2.24) is 10.2 Å². The molecule has 4 rings (SSSR count). The number of likely N-dealkylation sites (tertiary alicyclic amines) is 1. The van der Waals surface area contributed by atoms with Gasteiger partial charge in [-0.05, 0) is 94.7 Å². The minimum absolute atomic E-state index is 0.112. The van der Waals surface area contributed by atoms with E-state index in [-0.39, 0.29) is 24.0 Å². The summed E-state index contributed by atoms with van der Waals surface area (Å²) < 4.78 is 19.2. The van der Waals surface area contributed by atoms with Gasteiger partial charge < -0.3 is 20.3 Å². The van der Waals surface area contributed by atoms with Gasteiger partial charge in [0.1, 0.15) is 17.7 Å². The third-order valence-corrected chi connectivity index (χ3v) is 7.36. The molecule has 0 unspecified atom stereocenters. The third kappa shape index (κ3) is 7.34. The van der Waals surface area contributed by atoms with Crippen molar-refractivity contribution in [3.63, 3.8) is 0 Å². The van der Waals surface area contributed by atoms with Gasteiger partial charge in [0.2, 0.25) is 0 Å². The Hall–Kier alpha value is -2.31. The van der Waals surface area contributed by atoms with E-state index in [0.717, 1.165) is 69.8 Å². The Morgan fingerprint density at radius 2 is 1.76 bits per heavy atom. The molecule has 7 heteroatoms. The van der Waals surface area contributed by atoms with Gasteiger partial charge in [-0.15, -0.1) is 0 Å². The summed E-state index contributed by atoms with van der Waals surface area (Å²) in [4.78, 5) is 14.8. The molecule has 2 N–H and O–H groups in total. The number of nitrogens with zero attached hydrogens (tertiary/aromatic N) is 1. The van der Waals surface area contributed by atoms with Crippen molar-refractivity contribution in [2.24, 2.45) is 5.92 Å². The zero-order valence-electron chi connectivity index (χ0n) is 19.9. The second kappa shape index (κ2) is 11.9. The zero-order chi connectivity index (χ0) is 23.9. The number of hydrogen-bond donors (Lipinski definition) is 2. The largest absolute Gasteiger partial charge is 0.489 e. The number of carbonyl (C=O) groups excluding carboxylic acids is 1. The summed E-state index contributed by atoms with van der Waals surface area (Å²) in [7, 11) is 0. The average Bonchev–Trinajstić information content (AvgIpc) is 2.83. The second-order valence-electron chi connectivity index (χ2n) is 9.70. The van der Waals surface area contributed by atoms with E-state index in [9.17, 15) is 9.18 Å². The van der Waals surface area contributed by atoms with E-state index in [1.54, 1.807) is 6.07 Å². The lowest BCUT2D eigenvalue weighted by molar-refractivity contribution is 0.0950. The molecule has 2 aliphatic rings. The minimum atomic E-state index is -0.345. The lowest BCUT2D eigenvalue weighted by atomic mass is 9.84. The van der Waals surface area contributed by atoms with Crippen molar-refractivity contribution in [1.29, 1.82) is 0 Å². The average molecular weight is 488 g/mol. The number of amides is 2. The molecule has 2 fully saturated rings. The van der Waals surface area contributed by atoms with E-state index >= 15 is 0 Å². The van der Waals surface area contributed by atoms with Gasteiger partial charge in [-0.2, -0.15) is 0 Å². The molecule has 0 spiro atoms. The van der Waals surface area contributed by atoms with E-state index in [4.69, 9.17) is 16.3 Å². The Balaban J connectivity index is 1.10. The van der Waals surface area contributed by atoms with Crippen LogP contribution in [-0.2, 0) is 0 Å². The standard InChI is InChI=1S/C27H35ClFN3O2/c1-19-2-7-22(8-3-19)30-27(33)31-23-9-4-20(5-10-23)12-15-32-16-13-24(14-17-32)34-26-11-6-21(29)18-25(26)28/h2-3,6-8,11,18,20,23-24H,4-5,9-10,12-17H2,1H3,(H2,30,31,33)/t20-,23-. The summed E-state index contributed by atoms with van der Waals surface area (Å²) in [5, 5.41) is 6.40. The number of nitrogens with one attached hydrogen (secondary N) is 2. The lowest BCUT2D eigenvalue weighted by Crippen LogP contribution is -2.41. The Kier molecular flexibility index (Phi) is 8.68. The van der Waals surface area contributed by atoms with Gasteiger partial charge in [0.25, 0.3) is 0 Å². The first-order chi connectivity index (χ1) is 16.4. The molecule has 1 heterocycles. The molecule has 2 amide bonds. The number of carbonyl (C=O) groups is 1. The zero-order valence-corrected chi connectivity index (χ0v) is 20.6. The summed E-state index contributed by atoms with van der Waals surface area (Å²) >= 11 is 6.09. The monoisotopic (exact) mass is 487 g/mol. The summed E-state index contributed by atoms with van der Waals surface area (Å²) in [6, 6.07) is 12.3. The highest BCUT2D eigenvalue weighted by Gasteiger charge is 2.25. The maximum absolute atomic E-state index is 13.2. The maximum atomic E-state index is 13.2. The summed E-state index contributed by atoms with van der Waals surface area (Å²) in [6.45, 7) is 5.17. The predicted octanol–water partition coefficient (Wildman–Crippen LogP) is 6.40. The molecule has 0 bridgehead atoms. The molecular formula is C27H35ClFN3O2. The number of piperidine rings is 1. The Morgan fingerprint density at radius 3 is 2.44 bits per heavy atom. The molecular weight excluding hydrogens is 453 g/mol. The van der Waals surface area contributed by atoms with Crippen molar-refractivity contribution >= 4 is 23.3 Å². The summed E-state index contributed by atoms with van der Waals surface area (Å²) in [6.07, 6.45) is 7.67. The van der Waals surface area contributed by atoms with Crippen molar-refractivity contribution in [2.75, 3.05) is 25.0 Å². The molecule has 1 saturated heterocycles. The molecule has 0 radical (unpaired) electrons. The van der Waals surface area contributed by atoms with Crippen LogP contribution in [0, 0.1) is 18.7 Å². The van der Waals surface area contributed by atoms with Crippen molar-refractivity contribution in [2.45, 2.75) is 64.0 Å². The smallest absolute Gasteiger partial charge is 0.319 e. The van der Waals surface area contributed by atoms with Gasteiger partial charge in [0, 0.05) is 24.8 Å². The molecule has 2 aromatic rings. The van der Waals surface area contributed by atoms with Crippen molar-refractivity contribution in [3.05, 3.63) is 58.9 Å². The fourth-order valence-electron chi connectivity index (χ4n) is 4.95. The quantitative estimate of drug-likeness (QED) is 0.475. The van der Waals surface area contributed by atoms with Crippen LogP contribution in [0.5, 0.6) is 5.75 Å². The Labute approximate surface area is 207 Å². The summed E-state index contributed by atoms with van der Waals surface area (Å²) in [5.74, 6) is 0.951. The van der Waals surface area contributed by atoms with E-state index < -0.39 is 0 Å². The van der Waals surface area contributed by atoms with Crippen molar-refractivity contribution < 1.29 is 13.9 Å². The molecule has 0 aromatic heterocycles. The molecule has 184 valence electrons. The normalized spacial score (nSPS) is 21.7. The van der Waals surface area contributed by atoms with Crippen LogP contribution in [-0.4, -0.2) is 42.7 Å². The van der Waals surface area contributed by atoms with Gasteiger partial charge in [-0.3, -0.25) is 0 Å². The van der Waals surface area contributed by atoms with E-state index in [2.05, 4.69) is 15.5 Å². The van der Waals surface area contributed by atoms with E-state index in [0.29, 0.717) is 10.8 Å². The third-order valence-electron chi connectivity index (χ3n) is 7.07. The van der Waals surface area contributed by atoms with Crippen LogP contribution in [0.25, 0.3) is 0 Å². The minimum Gasteiger partial charge on any atom is -0.489 e. The van der Waals surface area contributed by atoms with Crippen LogP contribution in [0.2, 0.25) is 5.02 Å². The number of anilines is 1. The molecule has 1 aliphatic carbocycles. The van der Waals surface area contributed by atoms with Crippen LogP contribution < -0.4 is 15.4 Å². The van der Waals surface area contributed by atoms with Gasteiger partial charge >= 0.3 is 6.03 Å². The fraction of sp³-hybridized carbons (Fsp3) is 0.519. The second-order valence-corrected chi connectivity index (χ2v) is 10.1. The topological polar surface area (TPSA) is 53.6 Å². The van der Waals surface area contributed by atoms with Gasteiger partial charge in [0.05, 0.1) is 5.02 Å². The van der Waals surface area contributed by atoms with Crippen LogP contribution >= 0.6 is 11.6 Å². The van der Waals surface area contributed by atoms with Crippen LogP contribution in [0.4, 0.5) is 14.9 Å². The van der Waals surface area contributed by atoms with Crippen LogP contribution in [0.3, 0.4) is 0 Å². The first-order valence-electron chi connectivity index (χ1n) is 12.4. The molecule has 2 aromatic carbocycles. The number of rotatable bonds is 7. The van der Waals surface area contributed by atoms with E-state index in [1.807, 2.05) is 31.2 Å². The fourth-order valence-corrected chi connectivity index (χ4v) is 5.16. The molecule has 1 aliphatic heterocycles. The summed E-state index contributed by atoms with van der Waals surface area (Å²) in [5.41, 5.74) is 2.00. The van der Waals surface area contributed by atoms with Gasteiger partial charge in [0.15, 0.2) is 0 Å². The number of aryl methyl sites for hydroxylation is 1. The highest BCUT2D eigenvalue weighted by molar-refractivity contribution is 6.32. The van der Waals surface area contributed by atoms with Gasteiger partial charge in [-0.1, -0.05) is 29.3 Å². The number of benzene rings is 2. The first-order valence-corrected chi connectivity index (χ1v) is 12.8. The molecule has 34 heavy (non-hydrogen) atoms. The number of hydrogen-bond acceptors (Lipinski definition) is 3. The lowest BCUT2D eigenvalue weighted by Gasteiger charge is -2.34. The SMILES string of the molecule is Cc1ccc(NC(=O)N[C@H]2CC[C@H](CCN3CCC(Oc4ccc(F)cc4Cl)CC3)CC2)cc1. The predicted molar refractivity (Wildman–Crippen MR) is 135 cm³/mol. The Morgan fingerprint density at radius 1 is 1.06 bits per heavy atom. The van der Waals surface area contributed by atoms with Crippen LogP contribution in [0.15, 0.2) is 42.5 Å². The highest BCUT2D eigenvalue weighted by atomic mass is 35.5. The van der Waals surface area contributed by atoms with Crippen LogP contribution in [0.1, 0.15) is 50.5 Å². The Bertz CT molecular complexity index is 939. The maximum Gasteiger partial charge on any atom is 0.319 e. The number of urea groups is 1. The number of ether oxygens (including phenoxy) is 1. The van der Waals surface area contributed by atoms with E-state index in [1.165, 1.54) is 24.1 Å². The molecule has 0 atom stereocenters. The molecule has 5 nitrogen and oxygen atoms in total. The van der Waals surface area contributed by atoms with Gasteiger partial charge in [-0.25, -0.2) is 9.18 Å². The number of halogens is 2.